The first kappa shape index (κ1) is 17.1. The normalized spacial score (nSPS) is 16.7. The molecule has 4 heterocycles. The van der Waals surface area contributed by atoms with Gasteiger partial charge >= 0.3 is 6.18 Å². The second-order valence-electron chi connectivity index (χ2n) is 6.45. The van der Waals surface area contributed by atoms with Gasteiger partial charge in [-0.2, -0.15) is 13.2 Å². The van der Waals surface area contributed by atoms with Crippen molar-refractivity contribution in [3.05, 3.63) is 51.4 Å². The first-order valence-electron chi connectivity index (χ1n) is 7.99. The third-order valence-corrected chi connectivity index (χ3v) is 4.95. The van der Waals surface area contributed by atoms with E-state index in [1.165, 1.54) is 0 Å². The molecule has 0 aromatic carbocycles. The van der Waals surface area contributed by atoms with Crippen molar-refractivity contribution in [2.45, 2.75) is 25.7 Å². The molecule has 0 fully saturated rings. The van der Waals surface area contributed by atoms with E-state index in [9.17, 15) is 18.0 Å². The quantitative estimate of drug-likeness (QED) is 0.759. The van der Waals surface area contributed by atoms with Gasteiger partial charge in [0.25, 0.3) is 5.91 Å². The van der Waals surface area contributed by atoms with Crippen LogP contribution in [0.4, 0.5) is 19.0 Å². The fourth-order valence-corrected chi connectivity index (χ4v) is 3.58. The number of halogens is 4. The van der Waals surface area contributed by atoms with Crippen LogP contribution in [0.3, 0.4) is 0 Å². The van der Waals surface area contributed by atoms with Crippen molar-refractivity contribution < 1.29 is 18.0 Å². The molecule has 0 unspecified atom stereocenters. The minimum atomic E-state index is -4.43. The van der Waals surface area contributed by atoms with E-state index in [4.69, 9.17) is 11.6 Å². The molecular weight excluding hydrogens is 369 g/mol. The second kappa shape index (κ2) is 5.84. The topological polar surface area (TPSA) is 49.3 Å². The number of anilines is 1. The molecule has 1 amide bonds. The molecule has 0 radical (unpaired) electrons. The molecule has 2 aliphatic heterocycles. The molecule has 5 nitrogen and oxygen atoms in total. The van der Waals surface area contributed by atoms with Gasteiger partial charge in [0, 0.05) is 38.4 Å². The van der Waals surface area contributed by atoms with E-state index in [-0.39, 0.29) is 12.5 Å². The molecule has 0 saturated heterocycles. The Labute approximate surface area is 152 Å². The lowest BCUT2D eigenvalue weighted by molar-refractivity contribution is -0.137. The van der Waals surface area contributed by atoms with E-state index in [2.05, 4.69) is 9.97 Å². The molecule has 0 atom stereocenters. The number of hydrogen-bond donors (Lipinski definition) is 0. The zero-order chi connectivity index (χ0) is 18.6. The van der Waals surface area contributed by atoms with Gasteiger partial charge in [0.1, 0.15) is 5.82 Å². The zero-order valence-corrected chi connectivity index (χ0v) is 14.5. The van der Waals surface area contributed by atoms with Crippen LogP contribution in [0.1, 0.15) is 32.9 Å². The number of nitrogens with zero attached hydrogens (tertiary/aromatic N) is 4. The molecule has 26 heavy (non-hydrogen) atoms. The van der Waals surface area contributed by atoms with Gasteiger partial charge in [-0.15, -0.1) is 0 Å². The van der Waals surface area contributed by atoms with E-state index >= 15 is 0 Å². The maximum Gasteiger partial charge on any atom is 0.417 e. The Bertz CT molecular complexity index is 916. The highest BCUT2D eigenvalue weighted by molar-refractivity contribution is 6.33. The maximum absolute atomic E-state index is 12.9. The number of amides is 1. The van der Waals surface area contributed by atoms with Gasteiger partial charge in [0.2, 0.25) is 0 Å². The molecule has 2 aromatic heterocycles. The van der Waals surface area contributed by atoms with Gasteiger partial charge in [-0.3, -0.25) is 9.78 Å². The van der Waals surface area contributed by atoms with Crippen molar-refractivity contribution in [2.24, 2.45) is 0 Å². The number of carbonyl (C=O) groups is 1. The number of hydrogen-bond acceptors (Lipinski definition) is 4. The Morgan fingerprint density at radius 1 is 1.19 bits per heavy atom. The summed E-state index contributed by atoms with van der Waals surface area (Å²) in [6.07, 6.45) is -3.06. The molecule has 136 valence electrons. The fraction of sp³-hybridized carbons (Fsp3) is 0.353. The van der Waals surface area contributed by atoms with Crippen molar-refractivity contribution in [1.82, 2.24) is 14.9 Å². The summed E-state index contributed by atoms with van der Waals surface area (Å²) < 4.78 is 38.8. The number of carbonyl (C=O) groups excluding carboxylic acids is 1. The van der Waals surface area contributed by atoms with Gasteiger partial charge < -0.3 is 9.80 Å². The fourth-order valence-electron chi connectivity index (χ4n) is 3.31. The van der Waals surface area contributed by atoms with Gasteiger partial charge in [-0.05, 0) is 17.7 Å². The minimum absolute atomic E-state index is 0.135. The van der Waals surface area contributed by atoms with Crippen LogP contribution in [0, 0.1) is 0 Å². The van der Waals surface area contributed by atoms with Gasteiger partial charge in [0.15, 0.2) is 0 Å². The maximum atomic E-state index is 12.9. The van der Waals surface area contributed by atoms with Gasteiger partial charge in [-0.25, -0.2) is 4.98 Å². The van der Waals surface area contributed by atoms with Crippen molar-refractivity contribution in [3.63, 3.8) is 0 Å². The zero-order valence-electron chi connectivity index (χ0n) is 13.8. The Hall–Kier alpha value is -2.35. The second-order valence-corrected chi connectivity index (χ2v) is 6.86. The van der Waals surface area contributed by atoms with E-state index < -0.39 is 11.7 Å². The lowest BCUT2D eigenvalue weighted by Gasteiger charge is -2.30. The molecule has 0 N–H and O–H groups in total. The lowest BCUT2D eigenvalue weighted by atomic mass is 10.0. The average molecular weight is 383 g/mol. The van der Waals surface area contributed by atoms with E-state index in [0.29, 0.717) is 52.9 Å². The summed E-state index contributed by atoms with van der Waals surface area (Å²) in [5.41, 5.74) is 1.50. The van der Waals surface area contributed by atoms with E-state index in [1.54, 1.807) is 18.0 Å². The van der Waals surface area contributed by atoms with Crippen molar-refractivity contribution in [3.8, 4) is 0 Å². The molecule has 0 bridgehead atoms. The van der Waals surface area contributed by atoms with E-state index in [0.717, 1.165) is 12.3 Å². The Kier molecular flexibility index (Phi) is 3.83. The molecule has 0 aliphatic carbocycles. The van der Waals surface area contributed by atoms with Crippen LogP contribution < -0.4 is 4.90 Å². The Morgan fingerprint density at radius 3 is 2.69 bits per heavy atom. The third-order valence-electron chi connectivity index (χ3n) is 4.67. The van der Waals surface area contributed by atoms with Crippen LogP contribution in [-0.2, 0) is 25.7 Å². The average Bonchev–Trinajstić information content (AvgIpc) is 2.86. The van der Waals surface area contributed by atoms with E-state index in [1.807, 2.05) is 4.90 Å². The number of fused-ring (bicyclic) bond motifs is 2. The summed E-state index contributed by atoms with van der Waals surface area (Å²) in [6.45, 7) is 1.17. The highest BCUT2D eigenvalue weighted by atomic mass is 35.5. The molecule has 2 aliphatic rings. The van der Waals surface area contributed by atoms with Crippen LogP contribution >= 0.6 is 11.6 Å². The molecule has 0 spiro atoms. The molecular formula is C17H14ClF3N4O. The Morgan fingerprint density at radius 2 is 1.96 bits per heavy atom. The monoisotopic (exact) mass is 382 g/mol. The molecule has 9 heteroatoms. The third kappa shape index (κ3) is 2.78. The standard InChI is InChI=1S/C17H14ClF3N4O/c1-24-8-14-11(16(24)26)5-12(18)15(23-14)25-3-2-13-9(7-25)4-10(6-22-13)17(19,20)21/h4-6H,2-3,7-8H2,1H3. The highest BCUT2D eigenvalue weighted by Gasteiger charge is 2.33. The highest BCUT2D eigenvalue weighted by Crippen LogP contribution is 2.35. The minimum Gasteiger partial charge on any atom is -0.351 e. The van der Waals surface area contributed by atoms with Crippen LogP contribution in [0.25, 0.3) is 0 Å². The van der Waals surface area contributed by atoms with Gasteiger partial charge in [0.05, 0.1) is 28.4 Å². The SMILES string of the molecule is CN1Cc2nc(N3CCc4ncc(C(F)(F)F)cc4C3)c(Cl)cc2C1=O. The van der Waals surface area contributed by atoms with Crippen LogP contribution in [0.15, 0.2) is 18.3 Å². The first-order chi connectivity index (χ1) is 12.2. The molecule has 2 aromatic rings. The van der Waals surface area contributed by atoms with Gasteiger partial charge in [-0.1, -0.05) is 11.6 Å². The summed E-state index contributed by atoms with van der Waals surface area (Å²) in [5, 5.41) is 0.316. The summed E-state index contributed by atoms with van der Waals surface area (Å²) in [4.78, 5) is 23.9. The Balaban J connectivity index is 1.68. The number of aromatic nitrogens is 2. The largest absolute Gasteiger partial charge is 0.417 e. The number of pyridine rings is 2. The predicted molar refractivity (Wildman–Crippen MR) is 89.0 cm³/mol. The van der Waals surface area contributed by atoms with Crippen molar-refractivity contribution >= 4 is 23.3 Å². The predicted octanol–water partition coefficient (Wildman–Crippen LogP) is 3.30. The van der Waals surface area contributed by atoms with Crippen LogP contribution in [0.5, 0.6) is 0 Å². The van der Waals surface area contributed by atoms with Crippen molar-refractivity contribution in [1.29, 1.82) is 0 Å². The lowest BCUT2D eigenvalue weighted by Crippen LogP contribution is -2.32. The number of alkyl halides is 3. The number of rotatable bonds is 1. The van der Waals surface area contributed by atoms with Crippen LogP contribution in [0.2, 0.25) is 5.02 Å². The van der Waals surface area contributed by atoms with Crippen LogP contribution in [-0.4, -0.2) is 34.4 Å². The summed E-state index contributed by atoms with van der Waals surface area (Å²) in [6, 6.07) is 2.72. The molecule has 0 saturated carbocycles. The summed E-state index contributed by atoms with van der Waals surface area (Å²) in [7, 11) is 1.68. The first-order valence-corrected chi connectivity index (χ1v) is 8.36. The summed E-state index contributed by atoms with van der Waals surface area (Å²) in [5.74, 6) is 0.348. The molecule has 4 rings (SSSR count). The smallest absolute Gasteiger partial charge is 0.351 e. The van der Waals surface area contributed by atoms with Crippen molar-refractivity contribution in [2.75, 3.05) is 18.5 Å². The summed E-state index contributed by atoms with van der Waals surface area (Å²) >= 11 is 6.31.